The van der Waals surface area contributed by atoms with Gasteiger partial charge in [-0.1, -0.05) is 23.2 Å². The van der Waals surface area contributed by atoms with Gasteiger partial charge in [-0.2, -0.15) is 0 Å². The fraction of sp³-hybridized carbons (Fsp3) is 0.231. The average Bonchev–Trinajstić information content (AvgIpc) is 2.76. The number of aromatic nitrogens is 1. The topological polar surface area (TPSA) is 42.0 Å². The first-order valence-electron chi connectivity index (χ1n) is 5.70. The predicted molar refractivity (Wildman–Crippen MR) is 80.3 cm³/mol. The Morgan fingerprint density at radius 2 is 2.21 bits per heavy atom. The summed E-state index contributed by atoms with van der Waals surface area (Å²) in [6, 6.07) is 4.98. The molecule has 0 saturated heterocycles. The highest BCUT2D eigenvalue weighted by atomic mass is 35.5. The number of halogens is 2. The van der Waals surface area contributed by atoms with Crippen LogP contribution < -0.4 is 5.32 Å². The summed E-state index contributed by atoms with van der Waals surface area (Å²) in [5, 5.41) is 6.72. The molecular formula is C13H12Cl2N2OS. The van der Waals surface area contributed by atoms with Gasteiger partial charge >= 0.3 is 0 Å². The maximum atomic E-state index is 11.8. The van der Waals surface area contributed by atoms with Gasteiger partial charge < -0.3 is 5.32 Å². The number of amides is 1. The van der Waals surface area contributed by atoms with E-state index < -0.39 is 0 Å². The van der Waals surface area contributed by atoms with Crippen molar-refractivity contribution in [2.24, 2.45) is 0 Å². The molecule has 0 fully saturated rings. The number of aryl methyl sites for hydroxylation is 2. The molecule has 2 aromatic rings. The number of nitrogens with one attached hydrogen (secondary N) is 1. The number of nitrogens with zero attached hydrogens (tertiary/aromatic N) is 1. The molecule has 100 valence electrons. The van der Waals surface area contributed by atoms with E-state index in [1.54, 1.807) is 29.5 Å². The molecule has 6 heteroatoms. The van der Waals surface area contributed by atoms with E-state index >= 15 is 0 Å². The molecule has 0 atom stereocenters. The molecule has 1 aromatic carbocycles. The normalized spacial score (nSPS) is 10.5. The van der Waals surface area contributed by atoms with Crippen molar-refractivity contribution in [1.29, 1.82) is 0 Å². The molecule has 0 saturated carbocycles. The molecule has 0 radical (unpaired) electrons. The summed E-state index contributed by atoms with van der Waals surface area (Å²) < 4.78 is 0. The highest BCUT2D eigenvalue weighted by Gasteiger charge is 2.08. The number of hydrogen-bond acceptors (Lipinski definition) is 3. The van der Waals surface area contributed by atoms with Crippen molar-refractivity contribution < 1.29 is 4.79 Å². The van der Waals surface area contributed by atoms with Gasteiger partial charge in [0.25, 0.3) is 0 Å². The molecule has 1 N–H and O–H groups in total. The van der Waals surface area contributed by atoms with Gasteiger partial charge in [-0.25, -0.2) is 4.98 Å². The van der Waals surface area contributed by atoms with Crippen LogP contribution in [-0.4, -0.2) is 10.9 Å². The first-order valence-corrected chi connectivity index (χ1v) is 7.34. The van der Waals surface area contributed by atoms with E-state index in [2.05, 4.69) is 10.3 Å². The van der Waals surface area contributed by atoms with Gasteiger partial charge in [0.15, 0.2) is 0 Å². The molecule has 0 aliphatic carbocycles. The molecule has 3 nitrogen and oxygen atoms in total. The number of hydrogen-bond donors (Lipinski definition) is 1. The van der Waals surface area contributed by atoms with Crippen molar-refractivity contribution in [2.75, 3.05) is 5.32 Å². The summed E-state index contributed by atoms with van der Waals surface area (Å²) in [4.78, 5) is 16.1. The minimum Gasteiger partial charge on any atom is -0.325 e. The second-order valence-corrected chi connectivity index (χ2v) is 5.94. The molecule has 0 spiro atoms. The van der Waals surface area contributed by atoms with E-state index in [9.17, 15) is 4.79 Å². The Morgan fingerprint density at radius 1 is 1.42 bits per heavy atom. The number of benzene rings is 1. The van der Waals surface area contributed by atoms with E-state index in [4.69, 9.17) is 23.2 Å². The highest BCUT2D eigenvalue weighted by Crippen LogP contribution is 2.25. The van der Waals surface area contributed by atoms with Gasteiger partial charge in [0.05, 0.1) is 21.4 Å². The third-order valence-corrected chi connectivity index (χ3v) is 3.85. The number of anilines is 1. The highest BCUT2D eigenvalue weighted by molar-refractivity contribution is 7.09. The fourth-order valence-electron chi connectivity index (χ4n) is 1.57. The van der Waals surface area contributed by atoms with Crippen LogP contribution in [0, 0.1) is 6.92 Å². The average molecular weight is 315 g/mol. The largest absolute Gasteiger partial charge is 0.325 e. The third kappa shape index (κ3) is 4.20. The van der Waals surface area contributed by atoms with Crippen molar-refractivity contribution in [3.63, 3.8) is 0 Å². The van der Waals surface area contributed by atoms with Gasteiger partial charge in [-0.3, -0.25) is 4.79 Å². The lowest BCUT2D eigenvalue weighted by molar-refractivity contribution is -0.116. The first-order chi connectivity index (χ1) is 9.04. The minimum absolute atomic E-state index is 0.0881. The van der Waals surface area contributed by atoms with Gasteiger partial charge in [0, 0.05) is 16.8 Å². The van der Waals surface area contributed by atoms with Crippen LogP contribution in [0.1, 0.15) is 17.1 Å². The van der Waals surface area contributed by atoms with Crippen LogP contribution in [0.5, 0.6) is 0 Å². The zero-order valence-corrected chi connectivity index (χ0v) is 12.6. The number of rotatable bonds is 4. The van der Waals surface area contributed by atoms with E-state index in [0.29, 0.717) is 28.6 Å². The Bertz CT molecular complexity index is 598. The predicted octanol–water partition coefficient (Wildman–Crippen LogP) is 4.33. The lowest BCUT2D eigenvalue weighted by Crippen LogP contribution is -2.12. The standard InChI is InChI=1S/C13H12Cl2N2OS/c1-8-16-10(7-19-8)3-5-13(18)17-12-4-2-9(14)6-11(12)15/h2,4,6-7H,3,5H2,1H3,(H,17,18). The molecule has 19 heavy (non-hydrogen) atoms. The molecule has 2 rings (SSSR count). The van der Waals surface area contributed by atoms with Crippen molar-refractivity contribution >= 4 is 46.1 Å². The molecule has 0 bridgehead atoms. The van der Waals surface area contributed by atoms with Crippen LogP contribution in [0.4, 0.5) is 5.69 Å². The van der Waals surface area contributed by atoms with Crippen molar-refractivity contribution in [3.05, 3.63) is 44.3 Å². The maximum Gasteiger partial charge on any atom is 0.224 e. The Labute approximate surface area is 125 Å². The lowest BCUT2D eigenvalue weighted by atomic mass is 10.2. The van der Waals surface area contributed by atoms with Crippen LogP contribution in [0.3, 0.4) is 0 Å². The summed E-state index contributed by atoms with van der Waals surface area (Å²) in [5.74, 6) is -0.0881. The summed E-state index contributed by atoms with van der Waals surface area (Å²) >= 11 is 13.4. The lowest BCUT2D eigenvalue weighted by Gasteiger charge is -2.06. The Balaban J connectivity index is 1.90. The van der Waals surface area contributed by atoms with E-state index in [0.717, 1.165) is 10.7 Å². The van der Waals surface area contributed by atoms with E-state index in [1.165, 1.54) is 0 Å². The summed E-state index contributed by atoms with van der Waals surface area (Å²) in [7, 11) is 0. The number of carbonyl (C=O) groups is 1. The molecule has 0 aliphatic heterocycles. The fourth-order valence-corrected chi connectivity index (χ4v) is 2.67. The first kappa shape index (κ1) is 14.3. The van der Waals surface area contributed by atoms with Gasteiger partial charge in [0.2, 0.25) is 5.91 Å². The van der Waals surface area contributed by atoms with Crippen LogP contribution in [0.25, 0.3) is 0 Å². The van der Waals surface area contributed by atoms with Crippen molar-refractivity contribution in [1.82, 2.24) is 4.98 Å². The Morgan fingerprint density at radius 3 is 2.84 bits per heavy atom. The van der Waals surface area contributed by atoms with Crippen LogP contribution in [0.15, 0.2) is 23.6 Å². The molecule has 0 unspecified atom stereocenters. The zero-order chi connectivity index (χ0) is 13.8. The molecular weight excluding hydrogens is 303 g/mol. The smallest absolute Gasteiger partial charge is 0.224 e. The van der Waals surface area contributed by atoms with Crippen LogP contribution in [-0.2, 0) is 11.2 Å². The van der Waals surface area contributed by atoms with E-state index in [1.807, 2.05) is 12.3 Å². The second kappa shape index (κ2) is 6.37. The second-order valence-electron chi connectivity index (χ2n) is 4.03. The summed E-state index contributed by atoms with van der Waals surface area (Å²) in [5.41, 5.74) is 1.52. The SMILES string of the molecule is Cc1nc(CCC(=O)Nc2ccc(Cl)cc2Cl)cs1. The van der Waals surface area contributed by atoms with Gasteiger partial charge in [0.1, 0.15) is 0 Å². The summed E-state index contributed by atoms with van der Waals surface area (Å²) in [6.45, 7) is 1.95. The molecule has 1 amide bonds. The molecule has 1 heterocycles. The number of carbonyl (C=O) groups excluding carboxylic acids is 1. The van der Waals surface area contributed by atoms with Crippen molar-refractivity contribution in [2.45, 2.75) is 19.8 Å². The van der Waals surface area contributed by atoms with Gasteiger partial charge in [-0.15, -0.1) is 11.3 Å². The van der Waals surface area contributed by atoms with Crippen molar-refractivity contribution in [3.8, 4) is 0 Å². The van der Waals surface area contributed by atoms with Crippen LogP contribution in [0.2, 0.25) is 10.0 Å². The van der Waals surface area contributed by atoms with Gasteiger partial charge in [-0.05, 0) is 31.5 Å². The van der Waals surface area contributed by atoms with E-state index in [-0.39, 0.29) is 5.91 Å². The summed E-state index contributed by atoms with van der Waals surface area (Å²) in [6.07, 6.45) is 1.00. The zero-order valence-electron chi connectivity index (χ0n) is 10.2. The molecule has 1 aromatic heterocycles. The maximum absolute atomic E-state index is 11.8. The van der Waals surface area contributed by atoms with Crippen LogP contribution >= 0.6 is 34.5 Å². The third-order valence-electron chi connectivity index (χ3n) is 2.48. The Hall–Kier alpha value is -1.10. The quantitative estimate of drug-likeness (QED) is 0.912. The Kier molecular flexibility index (Phi) is 4.80. The molecule has 0 aliphatic rings. The monoisotopic (exact) mass is 314 g/mol. The number of thiazole rings is 1. The minimum atomic E-state index is -0.0881.